The Kier molecular flexibility index (Phi) is 8.44. The minimum Gasteiger partial charge on any atom is -0.476 e. The number of benzene rings is 2. The fourth-order valence-corrected chi connectivity index (χ4v) is 5.06. The molecule has 0 radical (unpaired) electrons. The van der Waals surface area contributed by atoms with E-state index in [4.69, 9.17) is 9.84 Å². The maximum Gasteiger partial charge on any atom is 0.368 e. The van der Waals surface area contributed by atoms with E-state index >= 15 is 0 Å². The van der Waals surface area contributed by atoms with Crippen LogP contribution in [0, 0.1) is 5.82 Å². The second-order valence-electron chi connectivity index (χ2n) is 7.38. The molecule has 172 valence electrons. The Labute approximate surface area is 195 Å². The zero-order valence-electron chi connectivity index (χ0n) is 18.2. The van der Waals surface area contributed by atoms with E-state index in [0.29, 0.717) is 12.0 Å². The maximum absolute atomic E-state index is 13.6. The number of fused-ring (bicyclic) bond motifs is 1. The lowest BCUT2D eigenvalue weighted by Gasteiger charge is -2.30. The summed E-state index contributed by atoms with van der Waals surface area (Å²) in [5.74, 6) is -2.97. The molecule has 0 amide bonds. The average molecular weight is 481 g/mol. The van der Waals surface area contributed by atoms with Crippen LogP contribution in [-0.2, 0) is 4.79 Å². The number of aliphatic carboxylic acids is 1. The number of carboxylic acid groups (broad SMARTS) is 1. The van der Waals surface area contributed by atoms with Gasteiger partial charge >= 0.3 is 5.97 Å². The maximum atomic E-state index is 13.6. The molecule has 1 atom stereocenters. The van der Waals surface area contributed by atoms with Crippen LogP contribution in [0.25, 0.3) is 0 Å². The number of unbranched alkanes of at least 4 members (excludes halogenated alkanes) is 1. The molecule has 1 unspecified atom stereocenters. The van der Waals surface area contributed by atoms with Crippen LogP contribution < -0.4 is 9.64 Å². The van der Waals surface area contributed by atoms with Crippen molar-refractivity contribution in [2.24, 2.45) is 0 Å². The van der Waals surface area contributed by atoms with E-state index in [-0.39, 0.29) is 11.9 Å². The predicted octanol–water partition coefficient (Wildman–Crippen LogP) is 6.47. The van der Waals surface area contributed by atoms with Crippen molar-refractivity contribution in [1.29, 1.82) is 0 Å². The summed E-state index contributed by atoms with van der Waals surface area (Å²) in [4.78, 5) is 14.6. The van der Waals surface area contributed by atoms with Gasteiger partial charge in [-0.25, -0.2) is 13.5 Å². The molecule has 1 heterocycles. The SMILES string of the molecule is CCCCC1CN(c2ccc(F)cc2)c2cc(SC)c(O/C=C(\F)C(=O)O)cc2SN1C. The third-order valence-electron chi connectivity index (χ3n) is 5.21. The largest absolute Gasteiger partial charge is 0.476 e. The van der Waals surface area contributed by atoms with Gasteiger partial charge in [-0.3, -0.25) is 0 Å². The topological polar surface area (TPSA) is 53.0 Å². The van der Waals surface area contributed by atoms with Crippen LogP contribution in [0.15, 0.2) is 58.3 Å². The summed E-state index contributed by atoms with van der Waals surface area (Å²) >= 11 is 2.98. The highest BCUT2D eigenvalue weighted by atomic mass is 32.2. The second-order valence-corrected chi connectivity index (χ2v) is 9.43. The van der Waals surface area contributed by atoms with E-state index < -0.39 is 11.8 Å². The lowest BCUT2D eigenvalue weighted by molar-refractivity contribution is -0.134. The summed E-state index contributed by atoms with van der Waals surface area (Å²) in [6.07, 6.45) is 5.67. The van der Waals surface area contributed by atoms with E-state index in [1.165, 1.54) is 23.9 Å². The third kappa shape index (κ3) is 5.76. The fourth-order valence-electron chi connectivity index (χ4n) is 3.46. The molecule has 0 saturated heterocycles. The van der Waals surface area contributed by atoms with Crippen LogP contribution >= 0.6 is 23.7 Å². The van der Waals surface area contributed by atoms with Gasteiger partial charge in [-0.2, -0.15) is 4.39 Å². The quantitative estimate of drug-likeness (QED) is 0.201. The van der Waals surface area contributed by atoms with Crippen LogP contribution in [0.5, 0.6) is 5.75 Å². The molecule has 5 nitrogen and oxygen atoms in total. The first-order valence-corrected chi connectivity index (χ1v) is 12.2. The van der Waals surface area contributed by atoms with Gasteiger partial charge < -0.3 is 14.7 Å². The molecule has 1 N–H and O–H groups in total. The number of hydrogen-bond donors (Lipinski definition) is 1. The summed E-state index contributed by atoms with van der Waals surface area (Å²) in [6.45, 7) is 2.89. The summed E-state index contributed by atoms with van der Waals surface area (Å²) in [5.41, 5.74) is 1.81. The Hall–Kier alpha value is -2.23. The van der Waals surface area contributed by atoms with E-state index in [0.717, 1.165) is 47.0 Å². The van der Waals surface area contributed by atoms with Crippen molar-refractivity contribution in [2.45, 2.75) is 42.0 Å². The lowest BCUT2D eigenvalue weighted by atomic mass is 10.1. The first-order valence-electron chi connectivity index (χ1n) is 10.3. The summed E-state index contributed by atoms with van der Waals surface area (Å²) in [6, 6.07) is 10.4. The number of rotatable bonds is 8. The molecule has 0 spiro atoms. The van der Waals surface area contributed by atoms with Crippen LogP contribution in [0.1, 0.15) is 26.2 Å². The van der Waals surface area contributed by atoms with Gasteiger partial charge in [0.25, 0.3) is 0 Å². The van der Waals surface area contributed by atoms with Gasteiger partial charge in [0.15, 0.2) is 0 Å². The molecule has 2 aromatic rings. The van der Waals surface area contributed by atoms with Crippen molar-refractivity contribution in [2.75, 3.05) is 24.7 Å². The highest BCUT2D eigenvalue weighted by Crippen LogP contribution is 2.46. The molecule has 0 saturated carbocycles. The van der Waals surface area contributed by atoms with E-state index in [2.05, 4.69) is 16.1 Å². The standard InChI is InChI=1S/C23H26F2N2O3S2/c1-4-5-6-17-13-27(16-9-7-15(24)8-10-16)19-11-22(31-3)20(12-21(19)32-26(17)2)30-14-18(25)23(28)29/h7-12,14,17H,4-6,13H2,1-3H3,(H,28,29)/b18-14-. The molecule has 0 aromatic heterocycles. The molecule has 1 aliphatic heterocycles. The Morgan fingerprint density at radius 2 is 2.06 bits per heavy atom. The second kappa shape index (κ2) is 11.1. The molecule has 0 aliphatic carbocycles. The number of ether oxygens (including phenoxy) is 1. The van der Waals surface area contributed by atoms with E-state index in [9.17, 15) is 13.6 Å². The summed E-state index contributed by atoms with van der Waals surface area (Å²) in [7, 11) is 2.04. The Bertz CT molecular complexity index is 986. The third-order valence-corrected chi connectivity index (χ3v) is 7.08. The van der Waals surface area contributed by atoms with Crippen molar-refractivity contribution in [3.8, 4) is 5.75 Å². The number of likely N-dealkylation sites (N-methyl/N-ethyl adjacent to an activating group) is 1. The average Bonchev–Trinajstić information content (AvgIpc) is 2.91. The zero-order chi connectivity index (χ0) is 23.3. The van der Waals surface area contributed by atoms with E-state index in [1.54, 1.807) is 30.1 Å². The zero-order valence-corrected chi connectivity index (χ0v) is 19.8. The van der Waals surface area contributed by atoms with Gasteiger partial charge in [0.05, 0.1) is 15.5 Å². The van der Waals surface area contributed by atoms with Crippen molar-refractivity contribution >= 4 is 41.1 Å². The molecular weight excluding hydrogens is 454 g/mol. The van der Waals surface area contributed by atoms with E-state index in [1.807, 2.05) is 19.4 Å². The summed E-state index contributed by atoms with van der Waals surface area (Å²) < 4.78 is 34.7. The minimum absolute atomic E-state index is 0.254. The van der Waals surface area contributed by atoms with Crippen LogP contribution in [0.2, 0.25) is 0 Å². The molecule has 3 rings (SSSR count). The minimum atomic E-state index is -1.68. The molecule has 0 fully saturated rings. The fraction of sp³-hybridized carbons (Fsp3) is 0.348. The first-order chi connectivity index (χ1) is 15.3. The Morgan fingerprint density at radius 3 is 2.69 bits per heavy atom. The van der Waals surface area contributed by atoms with Crippen molar-refractivity contribution in [1.82, 2.24) is 4.31 Å². The van der Waals surface area contributed by atoms with Gasteiger partial charge in [-0.05, 0) is 68.1 Å². The van der Waals surface area contributed by atoms with Crippen LogP contribution in [0.4, 0.5) is 20.2 Å². The van der Waals surface area contributed by atoms with Gasteiger partial charge in [-0.15, -0.1) is 11.8 Å². The first kappa shape index (κ1) is 24.4. The molecule has 0 bridgehead atoms. The van der Waals surface area contributed by atoms with Gasteiger partial charge in [0.1, 0.15) is 17.8 Å². The van der Waals surface area contributed by atoms with Gasteiger partial charge in [-0.1, -0.05) is 19.8 Å². The van der Waals surface area contributed by atoms with Crippen molar-refractivity contribution in [3.05, 3.63) is 54.3 Å². The predicted molar refractivity (Wildman–Crippen MR) is 126 cm³/mol. The highest BCUT2D eigenvalue weighted by Gasteiger charge is 2.28. The molecule has 9 heteroatoms. The normalized spacial score (nSPS) is 17.1. The van der Waals surface area contributed by atoms with Gasteiger partial charge in [0.2, 0.25) is 5.83 Å². The molecular formula is C23H26F2N2O3S2. The molecule has 1 aliphatic rings. The summed E-state index contributed by atoms with van der Waals surface area (Å²) in [5, 5.41) is 8.76. The number of nitrogens with zero attached hydrogens (tertiary/aromatic N) is 2. The molecule has 32 heavy (non-hydrogen) atoms. The number of halogens is 2. The van der Waals surface area contributed by atoms with Crippen molar-refractivity contribution < 1.29 is 23.4 Å². The number of thioether (sulfide) groups is 1. The number of carbonyl (C=O) groups is 1. The number of carboxylic acids is 1. The number of anilines is 2. The van der Waals surface area contributed by atoms with Crippen molar-refractivity contribution in [3.63, 3.8) is 0 Å². The lowest BCUT2D eigenvalue weighted by Crippen LogP contribution is -2.35. The Balaban J connectivity index is 2.07. The highest BCUT2D eigenvalue weighted by molar-refractivity contribution is 7.98. The Morgan fingerprint density at radius 1 is 1.34 bits per heavy atom. The molecule has 2 aromatic carbocycles. The van der Waals surface area contributed by atoms with Gasteiger partial charge in [0, 0.05) is 18.3 Å². The van der Waals surface area contributed by atoms with Crippen LogP contribution in [0.3, 0.4) is 0 Å². The smallest absolute Gasteiger partial charge is 0.368 e. The number of hydrogen-bond acceptors (Lipinski definition) is 6. The monoisotopic (exact) mass is 480 g/mol. The van der Waals surface area contributed by atoms with Crippen LogP contribution in [-0.4, -0.2) is 41.3 Å².